The van der Waals surface area contributed by atoms with E-state index in [4.69, 9.17) is 11.3 Å². The van der Waals surface area contributed by atoms with Crippen molar-refractivity contribution < 1.29 is 23.1 Å². The van der Waals surface area contributed by atoms with Gasteiger partial charge >= 0.3 is 5.97 Å². The average Bonchev–Trinajstić information content (AvgIpc) is 3.48. The van der Waals surface area contributed by atoms with E-state index in [-0.39, 0.29) is 34.2 Å². The van der Waals surface area contributed by atoms with Crippen LogP contribution in [-0.2, 0) is 25.2 Å². The van der Waals surface area contributed by atoms with E-state index in [1.807, 2.05) is 13.0 Å². The van der Waals surface area contributed by atoms with E-state index in [9.17, 15) is 18.3 Å². The minimum absolute atomic E-state index is 0.0913. The fourth-order valence-corrected chi connectivity index (χ4v) is 10.3. The summed E-state index contributed by atoms with van der Waals surface area (Å²) < 4.78 is 35.7. The maximum absolute atomic E-state index is 14.1. The first-order chi connectivity index (χ1) is 19.6. The molecule has 1 saturated heterocycles. The van der Waals surface area contributed by atoms with Crippen molar-refractivity contribution in [3.05, 3.63) is 71.9 Å². The van der Waals surface area contributed by atoms with E-state index < -0.39 is 21.0 Å². The number of ether oxygens (including phenoxy) is 1. The molecular formula is C35H43NO5S. The zero-order valence-corrected chi connectivity index (χ0v) is 26.4. The van der Waals surface area contributed by atoms with Gasteiger partial charge in [0.2, 0.25) is 0 Å². The molecule has 2 saturated carbocycles. The molecule has 3 aromatic rings. The molecule has 6 atom stereocenters. The number of hydrogen-bond acceptors (Lipinski definition) is 5. The largest absolute Gasteiger partial charge is 0.462 e. The monoisotopic (exact) mass is 589 g/mol. The zero-order valence-electron chi connectivity index (χ0n) is 25.6. The van der Waals surface area contributed by atoms with Crippen molar-refractivity contribution in [2.75, 3.05) is 0 Å². The molecule has 2 aliphatic carbocycles. The molecule has 2 heterocycles. The van der Waals surface area contributed by atoms with Gasteiger partial charge in [0.15, 0.2) is 0 Å². The van der Waals surface area contributed by atoms with E-state index in [1.54, 1.807) is 56.4 Å². The molecule has 6 rings (SSSR count). The summed E-state index contributed by atoms with van der Waals surface area (Å²) in [7, 11) is -3.96. The molecule has 2 aromatic carbocycles. The average molecular weight is 590 g/mol. The molecule has 1 aliphatic heterocycles. The fourth-order valence-electron chi connectivity index (χ4n) is 8.93. The smallest absolute Gasteiger partial charge is 0.306 e. The van der Waals surface area contributed by atoms with Gasteiger partial charge in [-0.15, -0.1) is 0 Å². The second-order valence-electron chi connectivity index (χ2n) is 14.0. The van der Waals surface area contributed by atoms with Gasteiger partial charge < -0.3 is 9.84 Å². The van der Waals surface area contributed by atoms with Gasteiger partial charge in [-0.2, -0.15) is 0 Å². The molecule has 6 nitrogen and oxygen atoms in total. The van der Waals surface area contributed by atoms with E-state index in [0.717, 1.165) is 36.8 Å². The number of carbonyl (C=O) groups is 1. The molecule has 7 heteroatoms. The third kappa shape index (κ3) is 3.99. The van der Waals surface area contributed by atoms with Crippen LogP contribution in [0.3, 0.4) is 0 Å². The Balaban J connectivity index is 1.61. The maximum atomic E-state index is 14.1. The molecule has 3 fully saturated rings. The third-order valence-corrected chi connectivity index (χ3v) is 13.0. The predicted octanol–water partition coefficient (Wildman–Crippen LogP) is 7.21. The highest BCUT2D eigenvalue weighted by Gasteiger charge is 2.69. The molecule has 0 amide bonds. The fraction of sp³-hybridized carbons (Fsp3) is 0.514. The second kappa shape index (κ2) is 9.55. The lowest BCUT2D eigenvalue weighted by atomic mass is 9.40. The van der Waals surface area contributed by atoms with Crippen LogP contribution in [0.2, 0.25) is 0 Å². The van der Waals surface area contributed by atoms with Crippen LogP contribution in [0.5, 0.6) is 0 Å². The van der Waals surface area contributed by atoms with Gasteiger partial charge in [-0.3, -0.25) is 4.79 Å². The number of nitrogens with zero attached hydrogens (tertiary/aromatic N) is 1. The topological polar surface area (TPSA) is 85.6 Å². The van der Waals surface area contributed by atoms with Crippen LogP contribution in [0.1, 0.15) is 83.4 Å². The number of fused-ring (bicyclic) bond motifs is 1. The summed E-state index contributed by atoms with van der Waals surface area (Å²) >= 11 is 0. The summed E-state index contributed by atoms with van der Waals surface area (Å²) in [5, 5.41) is 12.0. The zero-order chi connectivity index (χ0) is 30.4. The Morgan fingerprint density at radius 3 is 2.45 bits per heavy atom. The van der Waals surface area contributed by atoms with Crippen molar-refractivity contribution in [1.82, 2.24) is 3.97 Å². The van der Waals surface area contributed by atoms with Crippen molar-refractivity contribution in [3.8, 4) is 0 Å². The number of aryl methyl sites for hydroxylation is 1. The molecule has 1 aromatic heterocycles. The van der Waals surface area contributed by atoms with Crippen molar-refractivity contribution in [3.63, 3.8) is 0 Å². The minimum atomic E-state index is -3.96. The number of carbonyl (C=O) groups excluding carboxylic acids is 1. The molecule has 0 bridgehead atoms. The van der Waals surface area contributed by atoms with Gasteiger partial charge in [-0.25, -0.2) is 12.4 Å². The van der Waals surface area contributed by atoms with Crippen molar-refractivity contribution in [2.45, 2.75) is 90.2 Å². The second-order valence-corrected chi connectivity index (χ2v) is 15.8. The normalized spacial score (nSPS) is 31.5. The Kier molecular flexibility index (Phi) is 6.64. The summed E-state index contributed by atoms with van der Waals surface area (Å²) in [6, 6.07) is 12.3. The SMILES string of the molecule is C=C(c1cn(S(=O)(=O)c2ccc(C)cc2)c2cccc(C(C)(C)O)c12)[C@@H]1[C@H](C)CC[C@@]2(C)[C@H](C)CC[C@@H]3OC(=O)C[C@]312. The lowest BCUT2D eigenvalue weighted by Gasteiger charge is -2.63. The Hall–Kier alpha value is -2.90. The summed E-state index contributed by atoms with van der Waals surface area (Å²) in [4.78, 5) is 13.3. The highest BCUT2D eigenvalue weighted by Crippen LogP contribution is 2.70. The summed E-state index contributed by atoms with van der Waals surface area (Å²) in [5.41, 5.74) is 1.89. The van der Waals surface area contributed by atoms with Crippen LogP contribution < -0.4 is 0 Å². The van der Waals surface area contributed by atoms with Gasteiger partial charge in [-0.1, -0.05) is 57.2 Å². The summed E-state index contributed by atoms with van der Waals surface area (Å²) in [6.07, 6.45) is 5.72. The first-order valence-corrected chi connectivity index (χ1v) is 16.6. The maximum Gasteiger partial charge on any atom is 0.306 e. The Bertz CT molecular complexity index is 1700. The number of allylic oxidation sites excluding steroid dienone is 1. The van der Waals surface area contributed by atoms with Crippen LogP contribution in [0.25, 0.3) is 16.5 Å². The number of aliphatic hydroxyl groups is 1. The number of rotatable bonds is 5. The van der Waals surface area contributed by atoms with Gasteiger partial charge in [-0.05, 0) is 99.0 Å². The van der Waals surface area contributed by atoms with Gasteiger partial charge in [0.1, 0.15) is 6.10 Å². The molecular weight excluding hydrogens is 546 g/mol. The molecule has 0 radical (unpaired) electrons. The number of benzene rings is 2. The Morgan fingerprint density at radius 1 is 1.10 bits per heavy atom. The summed E-state index contributed by atoms with van der Waals surface area (Å²) in [6.45, 7) is 17.0. The predicted molar refractivity (Wildman–Crippen MR) is 165 cm³/mol. The van der Waals surface area contributed by atoms with E-state index in [2.05, 4.69) is 20.8 Å². The standard InChI is InChI=1S/C35H43NO5S/c1-21-11-14-25(15-12-21)42(39,40)36-20-26(31-27(33(5,6)38)9-8-10-28(31)36)24(4)32-22(2)17-18-34(7)23(3)13-16-29-35(32,34)19-30(37)41-29/h8-12,14-15,20,22-23,29,32,38H,4,13,16-19H2,1-3,5-7H3/t22-,23-,29+,32+,34+,35+/m1/s1. The molecule has 224 valence electrons. The number of hydrogen-bond donors (Lipinski definition) is 1. The van der Waals surface area contributed by atoms with Crippen LogP contribution in [0.4, 0.5) is 0 Å². The number of esters is 1. The van der Waals surface area contributed by atoms with Crippen molar-refractivity contribution >= 4 is 32.5 Å². The lowest BCUT2D eigenvalue weighted by Crippen LogP contribution is -2.60. The van der Waals surface area contributed by atoms with Crippen LogP contribution in [0, 0.1) is 35.5 Å². The molecule has 42 heavy (non-hydrogen) atoms. The molecule has 3 aliphatic rings. The minimum Gasteiger partial charge on any atom is -0.462 e. The van der Waals surface area contributed by atoms with E-state index >= 15 is 0 Å². The highest BCUT2D eigenvalue weighted by atomic mass is 32.2. The van der Waals surface area contributed by atoms with E-state index in [0.29, 0.717) is 34.4 Å². The van der Waals surface area contributed by atoms with Crippen LogP contribution in [-0.4, -0.2) is 29.6 Å². The van der Waals surface area contributed by atoms with Gasteiger partial charge in [0, 0.05) is 22.6 Å². The molecule has 1 spiro atoms. The number of aromatic nitrogens is 1. The first kappa shape index (κ1) is 29.2. The van der Waals surface area contributed by atoms with Crippen molar-refractivity contribution in [1.29, 1.82) is 0 Å². The van der Waals surface area contributed by atoms with Crippen molar-refractivity contribution in [2.24, 2.45) is 28.6 Å². The van der Waals surface area contributed by atoms with E-state index in [1.165, 1.54) is 3.97 Å². The Labute approximate surface area is 249 Å². The lowest BCUT2D eigenvalue weighted by molar-refractivity contribution is -0.164. The Morgan fingerprint density at radius 2 is 1.79 bits per heavy atom. The van der Waals surface area contributed by atoms with Crippen LogP contribution >= 0.6 is 0 Å². The first-order valence-electron chi connectivity index (χ1n) is 15.2. The third-order valence-electron chi connectivity index (χ3n) is 11.3. The quantitative estimate of drug-likeness (QED) is 0.318. The highest BCUT2D eigenvalue weighted by molar-refractivity contribution is 7.90. The van der Waals surface area contributed by atoms with Crippen LogP contribution in [0.15, 0.2) is 60.1 Å². The van der Waals surface area contributed by atoms with Gasteiger partial charge in [0.25, 0.3) is 10.0 Å². The molecule has 1 N–H and O–H groups in total. The van der Waals surface area contributed by atoms with Gasteiger partial charge in [0.05, 0.1) is 22.4 Å². The summed E-state index contributed by atoms with van der Waals surface area (Å²) in [5.74, 6) is 0.399. The molecule has 0 unspecified atom stereocenters.